The van der Waals surface area contributed by atoms with Crippen LogP contribution in [0.2, 0.25) is 0 Å². The molecule has 1 atom stereocenters. The molecule has 1 aromatic rings. The molecule has 0 bridgehead atoms. The van der Waals surface area contributed by atoms with Crippen LogP contribution in [0.4, 0.5) is 4.79 Å². The van der Waals surface area contributed by atoms with E-state index in [2.05, 4.69) is 36.8 Å². The van der Waals surface area contributed by atoms with Crippen molar-refractivity contribution in [2.24, 2.45) is 4.99 Å². The third-order valence-corrected chi connectivity index (χ3v) is 5.92. The number of methoxy groups -OCH3 is 1. The molecule has 0 aromatic carbocycles. The first-order chi connectivity index (χ1) is 19.4. The number of esters is 1. The van der Waals surface area contributed by atoms with E-state index in [0.29, 0.717) is 56.1 Å². The molecule has 1 aromatic heterocycles. The van der Waals surface area contributed by atoms with E-state index in [1.54, 1.807) is 48.4 Å². The van der Waals surface area contributed by atoms with E-state index in [-0.39, 0.29) is 24.2 Å². The maximum atomic E-state index is 12.7. The number of rotatable bonds is 12. The van der Waals surface area contributed by atoms with E-state index in [1.165, 1.54) is 13.3 Å². The number of nitrogens with one attached hydrogen (secondary N) is 2. The number of ether oxygens (including phenoxy) is 2. The predicted molar refractivity (Wildman–Crippen MR) is 157 cm³/mol. The molecule has 41 heavy (non-hydrogen) atoms. The number of aliphatic hydroxyl groups is 1. The van der Waals surface area contributed by atoms with Crippen LogP contribution in [0, 0.1) is 0 Å². The Hall–Kier alpha value is -3.87. The molecule has 2 heterocycles. The van der Waals surface area contributed by atoms with E-state index in [1.807, 2.05) is 20.8 Å². The van der Waals surface area contributed by atoms with Gasteiger partial charge in [-0.05, 0) is 45.4 Å². The maximum Gasteiger partial charge on any atom is 0.410 e. The summed E-state index contributed by atoms with van der Waals surface area (Å²) >= 11 is 0. The van der Waals surface area contributed by atoms with Crippen LogP contribution >= 0.6 is 0 Å². The van der Waals surface area contributed by atoms with Gasteiger partial charge in [-0.3, -0.25) is 29.8 Å². The SMILES string of the molecule is C=C\C=N/C(C)=C/C=C(/c1ccc(C(=O)NCCN2CCN(C(=O)OC(C)(C)C)CC2)nc1)C(O)NCC(=O)OC. The molecular formula is C29H42N6O6. The molecule has 1 fully saturated rings. The number of carbonyl (C=O) groups excluding carboxylic acids is 3. The predicted octanol–water partition coefficient (Wildman–Crippen LogP) is 1.99. The van der Waals surface area contributed by atoms with Crippen LogP contribution in [0.3, 0.4) is 0 Å². The van der Waals surface area contributed by atoms with Crippen molar-refractivity contribution in [1.29, 1.82) is 0 Å². The van der Waals surface area contributed by atoms with Crippen molar-refractivity contribution < 1.29 is 29.0 Å². The molecule has 0 saturated carbocycles. The van der Waals surface area contributed by atoms with Crippen molar-refractivity contribution in [2.75, 3.05) is 52.9 Å². The van der Waals surface area contributed by atoms with E-state index >= 15 is 0 Å². The number of carbonyl (C=O) groups is 3. The molecule has 0 spiro atoms. The van der Waals surface area contributed by atoms with Gasteiger partial charge in [-0.25, -0.2) is 4.79 Å². The summed E-state index contributed by atoms with van der Waals surface area (Å²) in [7, 11) is 1.26. The molecule has 12 heteroatoms. The monoisotopic (exact) mass is 570 g/mol. The number of piperazine rings is 1. The zero-order valence-corrected chi connectivity index (χ0v) is 24.6. The van der Waals surface area contributed by atoms with Gasteiger partial charge in [0.15, 0.2) is 0 Å². The minimum absolute atomic E-state index is 0.198. The number of aliphatic hydroxyl groups excluding tert-OH is 1. The Morgan fingerprint density at radius 3 is 2.49 bits per heavy atom. The summed E-state index contributed by atoms with van der Waals surface area (Å²) in [5.74, 6) is -0.853. The Morgan fingerprint density at radius 1 is 1.20 bits per heavy atom. The van der Waals surface area contributed by atoms with Gasteiger partial charge in [0, 0.05) is 63.0 Å². The average Bonchev–Trinajstić information content (AvgIpc) is 2.94. The summed E-state index contributed by atoms with van der Waals surface area (Å²) < 4.78 is 10.0. The van der Waals surface area contributed by atoms with Crippen molar-refractivity contribution in [2.45, 2.75) is 39.5 Å². The van der Waals surface area contributed by atoms with Gasteiger partial charge in [-0.1, -0.05) is 24.8 Å². The molecule has 1 aliphatic rings. The maximum absolute atomic E-state index is 12.7. The van der Waals surface area contributed by atoms with Crippen molar-refractivity contribution in [3.63, 3.8) is 0 Å². The van der Waals surface area contributed by atoms with Crippen molar-refractivity contribution in [3.05, 3.63) is 60.1 Å². The number of amides is 2. The highest BCUT2D eigenvalue weighted by atomic mass is 16.6. The highest BCUT2D eigenvalue weighted by Crippen LogP contribution is 2.18. The molecule has 0 aliphatic carbocycles. The van der Waals surface area contributed by atoms with Gasteiger partial charge in [0.2, 0.25) is 0 Å². The number of hydrogen-bond acceptors (Lipinski definition) is 10. The van der Waals surface area contributed by atoms with Gasteiger partial charge in [-0.2, -0.15) is 0 Å². The van der Waals surface area contributed by atoms with Gasteiger partial charge in [0.05, 0.1) is 13.7 Å². The molecule has 2 amide bonds. The zero-order valence-electron chi connectivity index (χ0n) is 24.6. The summed E-state index contributed by atoms with van der Waals surface area (Å²) in [6.07, 6.45) is 6.42. The highest BCUT2D eigenvalue weighted by molar-refractivity contribution is 5.92. The zero-order chi connectivity index (χ0) is 30.4. The fourth-order valence-electron chi connectivity index (χ4n) is 3.73. The smallest absolute Gasteiger partial charge is 0.410 e. The average molecular weight is 571 g/mol. The summed E-state index contributed by atoms with van der Waals surface area (Å²) in [5, 5.41) is 16.3. The standard InChI is InChI=1S/C29H42N6O6/c1-7-12-30-21(2)8-10-23(26(37)33-20-25(36)40-6)22-9-11-24(32-19-22)27(38)31-13-14-34-15-17-35(18-16-34)28(39)41-29(3,4)5/h7-12,19,26,33,37H,1,13-18,20H2,2-6H3,(H,31,38)/b21-8+,23-10-,30-12-. The molecule has 224 valence electrons. The second-order valence-electron chi connectivity index (χ2n) is 10.3. The fourth-order valence-corrected chi connectivity index (χ4v) is 3.73. The van der Waals surface area contributed by atoms with E-state index < -0.39 is 17.8 Å². The largest absolute Gasteiger partial charge is 0.468 e. The third kappa shape index (κ3) is 12.0. The van der Waals surface area contributed by atoms with Gasteiger partial charge in [-0.15, -0.1) is 0 Å². The van der Waals surface area contributed by atoms with Gasteiger partial charge < -0.3 is 24.8 Å². The lowest BCUT2D eigenvalue weighted by atomic mass is 10.0. The number of pyridine rings is 1. The van der Waals surface area contributed by atoms with E-state index in [4.69, 9.17) is 4.74 Å². The summed E-state index contributed by atoms with van der Waals surface area (Å²) in [5.41, 5.74) is 1.33. The highest BCUT2D eigenvalue weighted by Gasteiger charge is 2.25. The lowest BCUT2D eigenvalue weighted by molar-refractivity contribution is -0.140. The molecular weight excluding hydrogens is 528 g/mol. The van der Waals surface area contributed by atoms with Crippen LogP contribution in [0.5, 0.6) is 0 Å². The van der Waals surface area contributed by atoms with Crippen LogP contribution in [0.25, 0.3) is 5.57 Å². The van der Waals surface area contributed by atoms with Crippen LogP contribution in [0.15, 0.2) is 53.8 Å². The van der Waals surface area contributed by atoms with Crippen LogP contribution < -0.4 is 10.6 Å². The van der Waals surface area contributed by atoms with Crippen molar-refractivity contribution in [3.8, 4) is 0 Å². The Labute approximate surface area is 241 Å². The van der Waals surface area contributed by atoms with E-state index in [9.17, 15) is 19.5 Å². The number of aliphatic imine (C=N–C) groups is 1. The van der Waals surface area contributed by atoms with E-state index in [0.717, 1.165) is 0 Å². The summed E-state index contributed by atoms with van der Waals surface area (Å²) in [6.45, 7) is 14.3. The number of allylic oxidation sites excluding steroid dienone is 4. The Kier molecular flexibility index (Phi) is 13.3. The molecule has 2 rings (SSSR count). The molecule has 12 nitrogen and oxygen atoms in total. The molecule has 1 aliphatic heterocycles. The number of hydrogen-bond donors (Lipinski definition) is 3. The molecule has 1 saturated heterocycles. The lowest BCUT2D eigenvalue weighted by Gasteiger charge is -2.35. The number of nitrogens with zero attached hydrogens (tertiary/aromatic N) is 4. The van der Waals surface area contributed by atoms with Crippen molar-refractivity contribution >= 4 is 29.8 Å². The second-order valence-corrected chi connectivity index (χ2v) is 10.3. The van der Waals surface area contributed by atoms with Crippen LogP contribution in [-0.2, 0) is 14.3 Å². The Bertz CT molecular complexity index is 1130. The Morgan fingerprint density at radius 2 is 1.90 bits per heavy atom. The van der Waals surface area contributed by atoms with Gasteiger partial charge >= 0.3 is 12.1 Å². The van der Waals surface area contributed by atoms with Crippen molar-refractivity contribution in [1.82, 2.24) is 25.4 Å². The van der Waals surface area contributed by atoms with Gasteiger partial charge in [0.25, 0.3) is 5.91 Å². The summed E-state index contributed by atoms with van der Waals surface area (Å²) in [6, 6.07) is 3.24. The van der Waals surface area contributed by atoms with Crippen LogP contribution in [-0.4, -0.2) is 109 Å². The minimum atomic E-state index is -1.21. The topological polar surface area (TPSA) is 146 Å². The second kappa shape index (κ2) is 16.4. The van der Waals surface area contributed by atoms with Crippen LogP contribution in [0.1, 0.15) is 43.7 Å². The first-order valence-electron chi connectivity index (χ1n) is 13.4. The quantitative estimate of drug-likeness (QED) is 0.149. The normalized spacial score (nSPS) is 15.9. The minimum Gasteiger partial charge on any atom is -0.468 e. The number of aromatic nitrogens is 1. The fraction of sp³-hybridized carbons (Fsp3) is 0.483. The molecule has 0 radical (unpaired) electrons. The third-order valence-electron chi connectivity index (χ3n) is 5.92. The summed E-state index contributed by atoms with van der Waals surface area (Å²) in [4.78, 5) is 48.8. The van der Waals surface area contributed by atoms with Gasteiger partial charge in [0.1, 0.15) is 17.5 Å². The lowest BCUT2D eigenvalue weighted by Crippen LogP contribution is -2.51. The molecule has 1 unspecified atom stereocenters. The Balaban J connectivity index is 1.96. The first kappa shape index (κ1) is 33.3. The molecule has 3 N–H and O–H groups in total. The first-order valence-corrected chi connectivity index (χ1v) is 13.4.